The first-order chi connectivity index (χ1) is 7.81. The fourth-order valence-electron chi connectivity index (χ4n) is 2.13. The molecule has 3 heteroatoms. The van der Waals surface area contributed by atoms with Gasteiger partial charge in [-0.1, -0.05) is 23.8 Å². The summed E-state index contributed by atoms with van der Waals surface area (Å²) in [5.41, 5.74) is 7.26. The van der Waals surface area contributed by atoms with Gasteiger partial charge in [0.25, 0.3) is 0 Å². The smallest absolute Gasteiger partial charge is 0.0916 e. The second-order valence-corrected chi connectivity index (χ2v) is 4.25. The second kappa shape index (κ2) is 5.43. The Morgan fingerprint density at radius 1 is 1.38 bits per heavy atom. The minimum absolute atomic E-state index is 0.340. The molecule has 1 unspecified atom stereocenters. The van der Waals surface area contributed by atoms with E-state index in [-0.39, 0.29) is 0 Å². The van der Waals surface area contributed by atoms with Gasteiger partial charge in [-0.3, -0.25) is 4.84 Å². The third kappa shape index (κ3) is 2.61. The van der Waals surface area contributed by atoms with Crippen LogP contribution in [0.5, 0.6) is 0 Å². The van der Waals surface area contributed by atoms with Crippen LogP contribution in [0.15, 0.2) is 18.2 Å². The highest BCUT2D eigenvalue weighted by Gasteiger charge is 2.22. The van der Waals surface area contributed by atoms with Crippen molar-refractivity contribution in [3.8, 4) is 0 Å². The van der Waals surface area contributed by atoms with Gasteiger partial charge in [-0.05, 0) is 30.9 Å². The molecule has 1 aliphatic rings. The van der Waals surface area contributed by atoms with Crippen LogP contribution in [0.25, 0.3) is 0 Å². The summed E-state index contributed by atoms with van der Waals surface area (Å²) in [4.78, 5) is 5.38. The minimum Gasteiger partial charge on any atom is -0.382 e. The van der Waals surface area contributed by atoms with Crippen molar-refractivity contribution in [3.63, 3.8) is 0 Å². The van der Waals surface area contributed by atoms with Crippen LogP contribution in [-0.4, -0.2) is 20.3 Å². The summed E-state index contributed by atoms with van der Waals surface area (Å²) >= 11 is 0. The maximum Gasteiger partial charge on any atom is 0.0916 e. The number of methoxy groups -OCH3 is 1. The molecule has 1 atom stereocenters. The van der Waals surface area contributed by atoms with E-state index in [1.807, 2.05) is 0 Å². The number of rotatable bonds is 5. The van der Waals surface area contributed by atoms with Crippen LogP contribution < -0.4 is 5.48 Å². The molecule has 0 saturated heterocycles. The maximum absolute atomic E-state index is 5.38. The zero-order chi connectivity index (χ0) is 11.4. The monoisotopic (exact) mass is 221 g/mol. The molecule has 0 amide bonds. The normalized spacial score (nSPS) is 18.8. The van der Waals surface area contributed by atoms with Gasteiger partial charge in [0, 0.05) is 7.11 Å². The van der Waals surface area contributed by atoms with E-state index in [4.69, 9.17) is 9.57 Å². The number of fused-ring (bicyclic) bond motifs is 1. The molecular formula is C13H19NO2. The van der Waals surface area contributed by atoms with Crippen molar-refractivity contribution in [2.24, 2.45) is 0 Å². The summed E-state index contributed by atoms with van der Waals surface area (Å²) in [6.07, 6.45) is 2.26. The Kier molecular flexibility index (Phi) is 3.93. The van der Waals surface area contributed by atoms with Gasteiger partial charge in [-0.15, -0.1) is 0 Å². The van der Waals surface area contributed by atoms with Crippen molar-refractivity contribution in [1.29, 1.82) is 0 Å². The van der Waals surface area contributed by atoms with E-state index in [0.29, 0.717) is 19.3 Å². The van der Waals surface area contributed by atoms with Crippen LogP contribution in [0.2, 0.25) is 0 Å². The number of hydroxylamine groups is 1. The van der Waals surface area contributed by atoms with Gasteiger partial charge in [-0.25, -0.2) is 0 Å². The van der Waals surface area contributed by atoms with Gasteiger partial charge in [0.15, 0.2) is 0 Å². The summed E-state index contributed by atoms with van der Waals surface area (Å²) in [5, 5.41) is 0. The summed E-state index contributed by atoms with van der Waals surface area (Å²) in [6, 6.07) is 6.99. The molecule has 1 aromatic rings. The Bertz CT molecular complexity index is 352. The first kappa shape index (κ1) is 11.6. The first-order valence-electron chi connectivity index (χ1n) is 5.77. The lowest BCUT2D eigenvalue weighted by molar-refractivity contribution is -0.0121. The average Bonchev–Trinajstić information content (AvgIpc) is 2.67. The Balaban J connectivity index is 1.92. The number of hydrogen-bond acceptors (Lipinski definition) is 3. The van der Waals surface area contributed by atoms with Crippen LogP contribution >= 0.6 is 0 Å². The van der Waals surface area contributed by atoms with Gasteiger partial charge >= 0.3 is 0 Å². The predicted octanol–water partition coefficient (Wildman–Crippen LogP) is 2.15. The number of benzene rings is 1. The van der Waals surface area contributed by atoms with Crippen LogP contribution in [0.3, 0.4) is 0 Å². The fourth-order valence-corrected chi connectivity index (χ4v) is 2.13. The van der Waals surface area contributed by atoms with Crippen molar-refractivity contribution in [2.75, 3.05) is 20.3 Å². The summed E-state index contributed by atoms with van der Waals surface area (Å²) in [7, 11) is 1.68. The van der Waals surface area contributed by atoms with Crippen LogP contribution in [0, 0.1) is 6.92 Å². The predicted molar refractivity (Wildman–Crippen MR) is 63.2 cm³/mol. The third-order valence-corrected chi connectivity index (χ3v) is 2.99. The Morgan fingerprint density at radius 3 is 3.06 bits per heavy atom. The van der Waals surface area contributed by atoms with E-state index < -0.39 is 0 Å². The summed E-state index contributed by atoms with van der Waals surface area (Å²) in [6.45, 7) is 3.34. The second-order valence-electron chi connectivity index (χ2n) is 4.25. The molecule has 1 aliphatic carbocycles. The molecule has 0 aliphatic heterocycles. The third-order valence-electron chi connectivity index (χ3n) is 2.99. The zero-order valence-electron chi connectivity index (χ0n) is 9.95. The van der Waals surface area contributed by atoms with Gasteiger partial charge in [0.05, 0.1) is 19.3 Å². The lowest BCUT2D eigenvalue weighted by Gasteiger charge is -2.14. The quantitative estimate of drug-likeness (QED) is 0.610. The van der Waals surface area contributed by atoms with Gasteiger partial charge in [0.2, 0.25) is 0 Å². The number of aryl methyl sites for hydroxylation is 2. The van der Waals surface area contributed by atoms with Crippen LogP contribution in [0.4, 0.5) is 0 Å². The molecule has 2 rings (SSSR count). The molecule has 3 nitrogen and oxygen atoms in total. The molecule has 0 heterocycles. The SMILES string of the molecule is COCCONC1CCc2ccc(C)cc21. The van der Waals surface area contributed by atoms with Crippen molar-refractivity contribution >= 4 is 0 Å². The molecule has 0 bridgehead atoms. The van der Waals surface area contributed by atoms with Gasteiger partial charge in [0.1, 0.15) is 0 Å². The molecule has 0 saturated carbocycles. The van der Waals surface area contributed by atoms with E-state index in [0.717, 1.165) is 12.8 Å². The Morgan fingerprint density at radius 2 is 2.25 bits per heavy atom. The molecule has 0 radical (unpaired) electrons. The van der Waals surface area contributed by atoms with E-state index in [2.05, 4.69) is 30.6 Å². The molecule has 1 N–H and O–H groups in total. The number of hydrogen-bond donors (Lipinski definition) is 1. The van der Waals surface area contributed by atoms with E-state index in [1.54, 1.807) is 7.11 Å². The van der Waals surface area contributed by atoms with Crippen molar-refractivity contribution in [2.45, 2.75) is 25.8 Å². The lowest BCUT2D eigenvalue weighted by Crippen LogP contribution is -2.21. The fraction of sp³-hybridized carbons (Fsp3) is 0.538. The minimum atomic E-state index is 0.340. The molecule has 0 aromatic heterocycles. The molecular weight excluding hydrogens is 202 g/mol. The number of nitrogens with one attached hydrogen (secondary N) is 1. The van der Waals surface area contributed by atoms with Crippen molar-refractivity contribution in [3.05, 3.63) is 34.9 Å². The van der Waals surface area contributed by atoms with Crippen molar-refractivity contribution in [1.82, 2.24) is 5.48 Å². The van der Waals surface area contributed by atoms with E-state index in [9.17, 15) is 0 Å². The van der Waals surface area contributed by atoms with Gasteiger partial charge in [-0.2, -0.15) is 5.48 Å². The van der Waals surface area contributed by atoms with Crippen molar-refractivity contribution < 1.29 is 9.57 Å². The summed E-state index contributed by atoms with van der Waals surface area (Å²) < 4.78 is 4.93. The maximum atomic E-state index is 5.38. The van der Waals surface area contributed by atoms with Crippen LogP contribution in [0.1, 0.15) is 29.2 Å². The molecule has 0 spiro atoms. The highest BCUT2D eigenvalue weighted by molar-refractivity contribution is 5.37. The van der Waals surface area contributed by atoms with Crippen LogP contribution in [-0.2, 0) is 16.0 Å². The molecule has 0 fully saturated rings. The first-order valence-corrected chi connectivity index (χ1v) is 5.77. The molecule has 88 valence electrons. The Labute approximate surface area is 96.7 Å². The molecule has 1 aromatic carbocycles. The van der Waals surface area contributed by atoms with E-state index >= 15 is 0 Å². The highest BCUT2D eigenvalue weighted by atomic mass is 16.7. The van der Waals surface area contributed by atoms with E-state index in [1.165, 1.54) is 16.7 Å². The number of ether oxygens (including phenoxy) is 1. The topological polar surface area (TPSA) is 30.5 Å². The zero-order valence-corrected chi connectivity index (χ0v) is 9.95. The lowest BCUT2D eigenvalue weighted by atomic mass is 10.1. The average molecular weight is 221 g/mol. The Hall–Kier alpha value is -0.900. The highest BCUT2D eigenvalue weighted by Crippen LogP contribution is 2.31. The largest absolute Gasteiger partial charge is 0.382 e. The molecule has 16 heavy (non-hydrogen) atoms. The summed E-state index contributed by atoms with van der Waals surface area (Å²) in [5.74, 6) is 0. The standard InChI is InChI=1S/C13H19NO2/c1-10-3-4-11-5-6-13(12(11)9-10)14-16-8-7-15-2/h3-4,9,13-14H,5-8H2,1-2H3. The van der Waals surface area contributed by atoms with Gasteiger partial charge < -0.3 is 4.74 Å².